The van der Waals surface area contributed by atoms with E-state index < -0.39 is 23.0 Å². The summed E-state index contributed by atoms with van der Waals surface area (Å²) in [4.78, 5) is 46.0. The summed E-state index contributed by atoms with van der Waals surface area (Å²) in [5, 5.41) is 21.7. The molecule has 2 amide bonds. The first-order valence-electron chi connectivity index (χ1n) is 6.93. The van der Waals surface area contributed by atoms with Crippen LogP contribution in [0.25, 0.3) is 0 Å². The second kappa shape index (κ2) is 6.86. The second-order valence-corrected chi connectivity index (χ2v) is 5.16. The standard InChI is InChI=1S/C14H15N3O6/c18-8-9(15-14(20)21)7-16(10-5-6-10)13(19)11-3-1-2-4-12(11)17(22)23/h1-4,8-10,15H,5-7H2,(H,20,21). The fourth-order valence-electron chi connectivity index (χ4n) is 2.25. The van der Waals surface area contributed by atoms with Gasteiger partial charge < -0.3 is 20.1 Å². The predicted molar refractivity (Wildman–Crippen MR) is 78.2 cm³/mol. The van der Waals surface area contributed by atoms with Crippen LogP contribution in [-0.4, -0.2) is 51.8 Å². The van der Waals surface area contributed by atoms with Crippen molar-refractivity contribution in [3.05, 3.63) is 39.9 Å². The Kier molecular flexibility index (Phi) is 4.89. The van der Waals surface area contributed by atoms with Crippen LogP contribution >= 0.6 is 0 Å². The minimum absolute atomic E-state index is 0.0793. The summed E-state index contributed by atoms with van der Waals surface area (Å²) >= 11 is 0. The average Bonchev–Trinajstić information content (AvgIpc) is 3.35. The molecule has 0 spiro atoms. The molecule has 0 aromatic heterocycles. The summed E-state index contributed by atoms with van der Waals surface area (Å²) in [5.74, 6) is -0.584. The number of rotatable bonds is 7. The quantitative estimate of drug-likeness (QED) is 0.438. The number of nitro groups is 1. The molecule has 23 heavy (non-hydrogen) atoms. The SMILES string of the molecule is O=CC(CN(C(=O)c1ccccc1[N+](=O)[O-])C1CC1)NC(=O)O. The number of hydrogen-bond donors (Lipinski definition) is 2. The third-order valence-corrected chi connectivity index (χ3v) is 3.45. The molecular formula is C14H15N3O6. The van der Waals surface area contributed by atoms with Crippen LogP contribution in [0.2, 0.25) is 0 Å². The van der Waals surface area contributed by atoms with Gasteiger partial charge in [-0.15, -0.1) is 0 Å². The van der Waals surface area contributed by atoms with Crippen molar-refractivity contribution in [1.82, 2.24) is 10.2 Å². The fraction of sp³-hybridized carbons (Fsp3) is 0.357. The zero-order chi connectivity index (χ0) is 17.0. The summed E-state index contributed by atoms with van der Waals surface area (Å²) in [6.07, 6.45) is 0.447. The Morgan fingerprint density at radius 3 is 2.61 bits per heavy atom. The molecule has 1 aliphatic carbocycles. The lowest BCUT2D eigenvalue weighted by molar-refractivity contribution is -0.385. The predicted octanol–water partition coefficient (Wildman–Crippen LogP) is 1.03. The van der Waals surface area contributed by atoms with Crippen LogP contribution in [0.15, 0.2) is 24.3 Å². The molecule has 2 N–H and O–H groups in total. The Morgan fingerprint density at radius 2 is 2.09 bits per heavy atom. The van der Waals surface area contributed by atoms with Gasteiger partial charge >= 0.3 is 6.09 Å². The van der Waals surface area contributed by atoms with E-state index in [4.69, 9.17) is 5.11 Å². The van der Waals surface area contributed by atoms with Gasteiger partial charge in [0.2, 0.25) is 0 Å². The van der Waals surface area contributed by atoms with E-state index in [2.05, 4.69) is 0 Å². The number of carboxylic acid groups (broad SMARTS) is 1. The van der Waals surface area contributed by atoms with Crippen molar-refractivity contribution in [3.63, 3.8) is 0 Å². The summed E-state index contributed by atoms with van der Waals surface area (Å²) in [7, 11) is 0. The maximum absolute atomic E-state index is 12.6. The maximum Gasteiger partial charge on any atom is 0.405 e. The molecule has 2 rings (SSSR count). The number of carbonyl (C=O) groups excluding carboxylic acids is 2. The third kappa shape index (κ3) is 4.02. The minimum Gasteiger partial charge on any atom is -0.465 e. The molecule has 9 heteroatoms. The van der Waals surface area contributed by atoms with Crippen LogP contribution in [0.4, 0.5) is 10.5 Å². The molecule has 1 fully saturated rings. The topological polar surface area (TPSA) is 130 Å². The minimum atomic E-state index is -1.38. The third-order valence-electron chi connectivity index (χ3n) is 3.45. The van der Waals surface area contributed by atoms with Crippen molar-refractivity contribution >= 4 is 24.0 Å². The van der Waals surface area contributed by atoms with Gasteiger partial charge in [-0.05, 0) is 18.9 Å². The molecule has 0 aliphatic heterocycles. The summed E-state index contributed by atoms with van der Waals surface area (Å²) in [6.45, 7) is -0.161. The smallest absolute Gasteiger partial charge is 0.405 e. The zero-order valence-electron chi connectivity index (χ0n) is 12.0. The van der Waals surface area contributed by atoms with Crippen LogP contribution in [0.1, 0.15) is 23.2 Å². The summed E-state index contributed by atoms with van der Waals surface area (Å²) in [6, 6.07) is 4.32. The molecule has 1 aromatic rings. The van der Waals surface area contributed by atoms with E-state index in [1.54, 1.807) is 0 Å². The summed E-state index contributed by atoms with van der Waals surface area (Å²) in [5.41, 5.74) is -0.402. The molecule has 9 nitrogen and oxygen atoms in total. The van der Waals surface area contributed by atoms with Crippen molar-refractivity contribution in [2.24, 2.45) is 0 Å². The largest absolute Gasteiger partial charge is 0.465 e. The molecule has 1 unspecified atom stereocenters. The van der Waals surface area contributed by atoms with Crippen molar-refractivity contribution in [2.75, 3.05) is 6.54 Å². The molecule has 0 radical (unpaired) electrons. The molecule has 0 heterocycles. The normalized spacial score (nSPS) is 14.6. The van der Waals surface area contributed by atoms with Crippen LogP contribution < -0.4 is 5.32 Å². The van der Waals surface area contributed by atoms with Gasteiger partial charge in [0, 0.05) is 18.7 Å². The van der Waals surface area contributed by atoms with Gasteiger partial charge in [-0.3, -0.25) is 14.9 Å². The van der Waals surface area contributed by atoms with Gasteiger partial charge in [-0.2, -0.15) is 0 Å². The van der Waals surface area contributed by atoms with E-state index >= 15 is 0 Å². The van der Waals surface area contributed by atoms with Gasteiger partial charge in [0.25, 0.3) is 11.6 Å². The molecule has 1 aromatic carbocycles. The molecule has 1 atom stereocenters. The Labute approximate surface area is 131 Å². The molecule has 1 aliphatic rings. The maximum atomic E-state index is 12.6. The van der Waals surface area contributed by atoms with Gasteiger partial charge in [0.05, 0.1) is 4.92 Å². The number of nitro benzene ring substituents is 1. The van der Waals surface area contributed by atoms with Crippen molar-refractivity contribution < 1.29 is 24.4 Å². The number of carbonyl (C=O) groups is 3. The number of aldehydes is 1. The van der Waals surface area contributed by atoms with E-state index in [0.717, 1.165) is 0 Å². The van der Waals surface area contributed by atoms with Crippen LogP contribution in [-0.2, 0) is 4.79 Å². The Bertz CT molecular complexity index is 643. The van der Waals surface area contributed by atoms with Crippen molar-refractivity contribution in [1.29, 1.82) is 0 Å². The molecule has 0 saturated heterocycles. The Balaban J connectivity index is 2.24. The number of amides is 2. The number of para-hydroxylation sites is 1. The van der Waals surface area contributed by atoms with Gasteiger partial charge in [-0.25, -0.2) is 4.79 Å². The average molecular weight is 321 g/mol. The van der Waals surface area contributed by atoms with Gasteiger partial charge in [0.1, 0.15) is 17.9 Å². The lowest BCUT2D eigenvalue weighted by Crippen LogP contribution is -2.47. The highest BCUT2D eigenvalue weighted by Crippen LogP contribution is 2.30. The van der Waals surface area contributed by atoms with E-state index in [-0.39, 0.29) is 23.8 Å². The van der Waals surface area contributed by atoms with E-state index in [0.29, 0.717) is 19.1 Å². The molecule has 122 valence electrons. The first-order valence-corrected chi connectivity index (χ1v) is 6.93. The molecule has 1 saturated carbocycles. The molecule has 0 bridgehead atoms. The fourth-order valence-corrected chi connectivity index (χ4v) is 2.25. The van der Waals surface area contributed by atoms with Crippen LogP contribution in [0.5, 0.6) is 0 Å². The van der Waals surface area contributed by atoms with Crippen molar-refractivity contribution in [3.8, 4) is 0 Å². The Hall–Kier alpha value is -2.97. The first kappa shape index (κ1) is 16.4. The second-order valence-electron chi connectivity index (χ2n) is 5.16. The highest BCUT2D eigenvalue weighted by atomic mass is 16.6. The van der Waals surface area contributed by atoms with Gasteiger partial charge in [-0.1, -0.05) is 12.1 Å². The Morgan fingerprint density at radius 1 is 1.43 bits per heavy atom. The van der Waals surface area contributed by atoms with Gasteiger partial charge in [0.15, 0.2) is 0 Å². The van der Waals surface area contributed by atoms with E-state index in [9.17, 15) is 24.5 Å². The lowest BCUT2D eigenvalue weighted by Gasteiger charge is -2.25. The first-order chi connectivity index (χ1) is 10.9. The number of hydrogen-bond acceptors (Lipinski definition) is 5. The van der Waals surface area contributed by atoms with Crippen LogP contribution in [0, 0.1) is 10.1 Å². The lowest BCUT2D eigenvalue weighted by atomic mass is 10.1. The molecular weight excluding hydrogens is 306 g/mol. The zero-order valence-corrected chi connectivity index (χ0v) is 12.0. The highest BCUT2D eigenvalue weighted by Gasteiger charge is 2.36. The number of nitrogens with zero attached hydrogens (tertiary/aromatic N) is 2. The number of nitrogens with one attached hydrogen (secondary N) is 1. The van der Waals surface area contributed by atoms with E-state index in [1.165, 1.54) is 29.2 Å². The van der Waals surface area contributed by atoms with E-state index in [1.807, 2.05) is 5.32 Å². The van der Waals surface area contributed by atoms with Crippen molar-refractivity contribution in [2.45, 2.75) is 24.9 Å². The number of benzene rings is 1. The van der Waals surface area contributed by atoms with Crippen LogP contribution in [0.3, 0.4) is 0 Å². The summed E-state index contributed by atoms with van der Waals surface area (Å²) < 4.78 is 0. The highest BCUT2D eigenvalue weighted by molar-refractivity contribution is 5.98. The monoisotopic (exact) mass is 321 g/mol.